The molecule has 8 heteroatoms. The van der Waals surface area contributed by atoms with E-state index in [4.69, 9.17) is 10.2 Å². The molecule has 216 valence electrons. The number of azo groups is 2. The van der Waals surface area contributed by atoms with Gasteiger partial charge in [0.15, 0.2) is 0 Å². The zero-order valence-electron chi connectivity index (χ0n) is 23.7. The molecule has 4 rings (SSSR count). The Hall–Kier alpha value is -4.66. The van der Waals surface area contributed by atoms with E-state index in [9.17, 15) is 0 Å². The van der Waals surface area contributed by atoms with Crippen LogP contribution in [0.15, 0.2) is 118 Å². The predicted octanol–water partition coefficient (Wildman–Crippen LogP) is 9.06. The number of aliphatic hydroxyl groups excluding tert-OH is 2. The van der Waals surface area contributed by atoms with Crippen LogP contribution >= 0.6 is 0 Å². The van der Waals surface area contributed by atoms with Gasteiger partial charge in [-0.15, -0.1) is 0 Å². The second-order valence-electron chi connectivity index (χ2n) is 9.73. The lowest BCUT2D eigenvalue weighted by molar-refractivity contribution is 0.286. The maximum atomic E-state index is 8.86. The predicted molar refractivity (Wildman–Crippen MR) is 173 cm³/mol. The van der Waals surface area contributed by atoms with Crippen molar-refractivity contribution in [3.8, 4) is 0 Å². The molecule has 0 saturated carbocycles. The largest absolute Gasteiger partial charge is 0.396 e. The fraction of sp³-hybridized carbons (Fsp3) is 0.235. The molecule has 0 saturated heterocycles. The summed E-state index contributed by atoms with van der Waals surface area (Å²) < 4.78 is 0. The van der Waals surface area contributed by atoms with Crippen LogP contribution < -0.4 is 10.6 Å². The Balaban J connectivity index is 1.23. The van der Waals surface area contributed by atoms with E-state index in [-0.39, 0.29) is 13.2 Å². The van der Waals surface area contributed by atoms with Gasteiger partial charge in [0.25, 0.3) is 0 Å². The first-order valence-electron chi connectivity index (χ1n) is 14.3. The molecule has 0 atom stereocenters. The van der Waals surface area contributed by atoms with Crippen molar-refractivity contribution in [3.63, 3.8) is 0 Å². The SMILES string of the molecule is OCCCCNc1ccc(/N=N/c2ccc(/C=C/c3ccc(/N=N/c4ccc(NCCCCO)cc4)cc3)cc2)cc1. The second-order valence-corrected chi connectivity index (χ2v) is 9.73. The van der Waals surface area contributed by atoms with Crippen molar-refractivity contribution in [2.24, 2.45) is 20.5 Å². The van der Waals surface area contributed by atoms with Crippen LogP contribution in [-0.4, -0.2) is 36.5 Å². The van der Waals surface area contributed by atoms with E-state index >= 15 is 0 Å². The van der Waals surface area contributed by atoms with Crippen molar-refractivity contribution in [1.82, 2.24) is 0 Å². The van der Waals surface area contributed by atoms with E-state index in [1.165, 1.54) is 0 Å². The molecule has 0 aliphatic heterocycles. The topological polar surface area (TPSA) is 114 Å². The van der Waals surface area contributed by atoms with E-state index < -0.39 is 0 Å². The molecule has 0 bridgehead atoms. The van der Waals surface area contributed by atoms with E-state index in [0.717, 1.165) is 84.0 Å². The van der Waals surface area contributed by atoms with Crippen LogP contribution in [0.1, 0.15) is 36.8 Å². The highest BCUT2D eigenvalue weighted by Crippen LogP contribution is 2.23. The number of nitrogens with zero attached hydrogens (tertiary/aromatic N) is 4. The van der Waals surface area contributed by atoms with Crippen molar-refractivity contribution in [3.05, 3.63) is 108 Å². The summed E-state index contributed by atoms with van der Waals surface area (Å²) in [4.78, 5) is 0. The molecule has 0 aromatic heterocycles. The highest BCUT2D eigenvalue weighted by Gasteiger charge is 1.97. The Labute approximate surface area is 247 Å². The smallest absolute Gasteiger partial charge is 0.0858 e. The fourth-order valence-corrected chi connectivity index (χ4v) is 3.96. The molecule has 0 spiro atoms. The van der Waals surface area contributed by atoms with Gasteiger partial charge in [-0.1, -0.05) is 36.4 Å². The van der Waals surface area contributed by atoms with Crippen molar-refractivity contribution in [2.75, 3.05) is 36.9 Å². The lowest BCUT2D eigenvalue weighted by Gasteiger charge is -2.05. The third kappa shape index (κ3) is 10.7. The average molecular weight is 563 g/mol. The molecule has 0 unspecified atom stereocenters. The third-order valence-corrected chi connectivity index (χ3v) is 6.38. The van der Waals surface area contributed by atoms with Crippen LogP contribution in [-0.2, 0) is 0 Å². The van der Waals surface area contributed by atoms with Crippen molar-refractivity contribution in [1.29, 1.82) is 0 Å². The molecule has 4 aromatic rings. The van der Waals surface area contributed by atoms with Gasteiger partial charge >= 0.3 is 0 Å². The Morgan fingerprint density at radius 1 is 0.429 bits per heavy atom. The monoisotopic (exact) mass is 562 g/mol. The molecule has 0 radical (unpaired) electrons. The summed E-state index contributed by atoms with van der Waals surface area (Å²) in [5, 5.41) is 41.7. The zero-order valence-corrected chi connectivity index (χ0v) is 23.7. The van der Waals surface area contributed by atoms with Crippen LogP contribution in [0.3, 0.4) is 0 Å². The molecule has 0 aliphatic rings. The van der Waals surface area contributed by atoms with Crippen LogP contribution in [0.25, 0.3) is 12.2 Å². The number of aliphatic hydroxyl groups is 2. The molecule has 42 heavy (non-hydrogen) atoms. The Bertz CT molecular complexity index is 1300. The number of unbranched alkanes of at least 4 members (excludes halogenated alkanes) is 2. The van der Waals surface area contributed by atoms with Gasteiger partial charge in [0, 0.05) is 37.7 Å². The summed E-state index contributed by atoms with van der Waals surface area (Å²) in [5.74, 6) is 0. The van der Waals surface area contributed by atoms with Crippen molar-refractivity contribution < 1.29 is 10.2 Å². The van der Waals surface area contributed by atoms with Crippen molar-refractivity contribution in [2.45, 2.75) is 25.7 Å². The average Bonchev–Trinajstić information content (AvgIpc) is 3.04. The molecule has 0 amide bonds. The highest BCUT2D eigenvalue weighted by molar-refractivity contribution is 5.70. The first-order chi connectivity index (χ1) is 20.7. The van der Waals surface area contributed by atoms with Gasteiger partial charge < -0.3 is 20.8 Å². The van der Waals surface area contributed by atoms with Gasteiger partial charge in [-0.05, 0) is 110 Å². The minimum absolute atomic E-state index is 0.227. The summed E-state index contributed by atoms with van der Waals surface area (Å²) >= 11 is 0. The lowest BCUT2D eigenvalue weighted by atomic mass is 10.1. The number of nitrogens with one attached hydrogen (secondary N) is 2. The molecule has 0 aliphatic carbocycles. The standard InChI is InChI=1S/C34H38N6O2/c41-25-3-1-23-35-29-15-19-33(20-16-29)39-37-31-11-7-27(8-12-31)5-6-28-9-13-32(14-10-28)38-40-34-21-17-30(18-22-34)36-24-2-4-26-42/h5-22,35-36,41-42H,1-4,23-26H2/b6-5+,39-37+,40-38+. The zero-order chi connectivity index (χ0) is 29.2. The van der Waals surface area contributed by atoms with Gasteiger partial charge in [0.2, 0.25) is 0 Å². The third-order valence-electron chi connectivity index (χ3n) is 6.38. The number of rotatable bonds is 16. The van der Waals surface area contributed by atoms with E-state index in [1.807, 2.05) is 97.1 Å². The normalized spacial score (nSPS) is 11.6. The molecule has 0 heterocycles. The first kappa shape index (κ1) is 30.3. The molecule has 4 aromatic carbocycles. The minimum Gasteiger partial charge on any atom is -0.396 e. The fourth-order valence-electron chi connectivity index (χ4n) is 3.96. The molecule has 4 N–H and O–H groups in total. The summed E-state index contributed by atoms with van der Waals surface area (Å²) in [6, 6.07) is 31.5. The Morgan fingerprint density at radius 3 is 1.05 bits per heavy atom. The van der Waals surface area contributed by atoms with E-state index in [1.54, 1.807) is 0 Å². The maximum absolute atomic E-state index is 8.86. The summed E-state index contributed by atoms with van der Waals surface area (Å²) in [7, 11) is 0. The second kappa shape index (κ2) is 17.2. The van der Waals surface area contributed by atoms with E-state index in [0.29, 0.717) is 0 Å². The van der Waals surface area contributed by atoms with Crippen LogP contribution in [0.4, 0.5) is 34.1 Å². The highest BCUT2D eigenvalue weighted by atomic mass is 16.3. The number of hydrogen-bond acceptors (Lipinski definition) is 8. The van der Waals surface area contributed by atoms with Gasteiger partial charge in [-0.2, -0.15) is 20.5 Å². The number of benzene rings is 4. The quantitative estimate of drug-likeness (QED) is 0.0619. The van der Waals surface area contributed by atoms with Gasteiger partial charge in [-0.25, -0.2) is 0 Å². The van der Waals surface area contributed by atoms with Gasteiger partial charge in [-0.3, -0.25) is 0 Å². The Kier molecular flexibility index (Phi) is 12.4. The van der Waals surface area contributed by atoms with E-state index in [2.05, 4.69) is 43.2 Å². The molecular formula is C34H38N6O2. The number of hydrogen-bond donors (Lipinski definition) is 4. The molecule has 8 nitrogen and oxygen atoms in total. The van der Waals surface area contributed by atoms with Crippen LogP contribution in [0.5, 0.6) is 0 Å². The van der Waals surface area contributed by atoms with Crippen LogP contribution in [0.2, 0.25) is 0 Å². The molecule has 0 fully saturated rings. The van der Waals surface area contributed by atoms with Gasteiger partial charge in [0.05, 0.1) is 22.7 Å². The van der Waals surface area contributed by atoms with Crippen molar-refractivity contribution >= 4 is 46.3 Å². The Morgan fingerprint density at radius 2 is 0.738 bits per heavy atom. The maximum Gasteiger partial charge on any atom is 0.0858 e. The summed E-state index contributed by atoms with van der Waals surface area (Å²) in [6.07, 6.45) is 7.60. The molecular weight excluding hydrogens is 524 g/mol. The number of anilines is 2. The summed E-state index contributed by atoms with van der Waals surface area (Å²) in [5.41, 5.74) is 7.36. The van der Waals surface area contributed by atoms with Crippen LogP contribution in [0, 0.1) is 0 Å². The lowest BCUT2D eigenvalue weighted by Crippen LogP contribution is -2.01. The summed E-state index contributed by atoms with van der Waals surface area (Å²) in [6.45, 7) is 2.13. The minimum atomic E-state index is 0.227. The first-order valence-corrected chi connectivity index (χ1v) is 14.3. The van der Waals surface area contributed by atoms with Gasteiger partial charge in [0.1, 0.15) is 0 Å².